The molecule has 2 N–H and O–H groups in total. The smallest absolute Gasteiger partial charge is 0.0560 e. The lowest BCUT2D eigenvalue weighted by Gasteiger charge is -2.10. The Morgan fingerprint density at radius 1 is 1.27 bits per heavy atom. The Labute approximate surface area is 98.5 Å². The molecule has 1 atom stereocenters. The summed E-state index contributed by atoms with van der Waals surface area (Å²) in [4.78, 5) is 1.28. The summed E-state index contributed by atoms with van der Waals surface area (Å²) in [6, 6.07) is 9.75. The standard InChI is InChI=1S/C12H12ClNS/c1-8-5-10(7-15-8)12(14)9-3-2-4-11(13)6-9/h2-7,12H,14H2,1H3. The van der Waals surface area contributed by atoms with Gasteiger partial charge in [0.1, 0.15) is 0 Å². The summed E-state index contributed by atoms with van der Waals surface area (Å²) in [5.41, 5.74) is 8.35. The van der Waals surface area contributed by atoms with Crippen LogP contribution in [0.5, 0.6) is 0 Å². The van der Waals surface area contributed by atoms with Crippen LogP contribution >= 0.6 is 22.9 Å². The summed E-state index contributed by atoms with van der Waals surface area (Å²) in [6.45, 7) is 2.08. The van der Waals surface area contributed by atoms with Crippen LogP contribution in [0.1, 0.15) is 22.0 Å². The van der Waals surface area contributed by atoms with E-state index in [-0.39, 0.29) is 6.04 Å². The summed E-state index contributed by atoms with van der Waals surface area (Å²) in [6.07, 6.45) is 0. The second-order valence-electron chi connectivity index (χ2n) is 3.52. The Kier molecular flexibility index (Phi) is 3.10. The molecule has 0 bridgehead atoms. The fourth-order valence-electron chi connectivity index (χ4n) is 1.52. The number of nitrogens with two attached hydrogens (primary N) is 1. The zero-order valence-electron chi connectivity index (χ0n) is 8.41. The summed E-state index contributed by atoms with van der Waals surface area (Å²) in [5.74, 6) is 0. The van der Waals surface area contributed by atoms with Crippen molar-refractivity contribution in [2.24, 2.45) is 5.73 Å². The van der Waals surface area contributed by atoms with E-state index >= 15 is 0 Å². The Hall–Kier alpha value is -0.830. The first-order chi connectivity index (χ1) is 7.16. The average Bonchev–Trinajstić information content (AvgIpc) is 2.64. The maximum Gasteiger partial charge on any atom is 0.0560 e. The molecule has 0 radical (unpaired) electrons. The number of aryl methyl sites for hydroxylation is 1. The number of benzene rings is 1. The Morgan fingerprint density at radius 2 is 2.07 bits per heavy atom. The van der Waals surface area contributed by atoms with E-state index < -0.39 is 0 Å². The van der Waals surface area contributed by atoms with Crippen LogP contribution in [-0.4, -0.2) is 0 Å². The third-order valence-corrected chi connectivity index (χ3v) is 3.43. The van der Waals surface area contributed by atoms with Gasteiger partial charge in [0.15, 0.2) is 0 Å². The third-order valence-electron chi connectivity index (χ3n) is 2.32. The Balaban J connectivity index is 2.32. The number of halogens is 1. The average molecular weight is 238 g/mol. The lowest BCUT2D eigenvalue weighted by atomic mass is 10.0. The molecule has 1 heterocycles. The number of hydrogen-bond donors (Lipinski definition) is 1. The highest BCUT2D eigenvalue weighted by Crippen LogP contribution is 2.25. The molecule has 78 valence electrons. The Bertz CT molecular complexity index is 464. The molecular weight excluding hydrogens is 226 g/mol. The molecule has 0 aliphatic rings. The van der Waals surface area contributed by atoms with E-state index in [2.05, 4.69) is 18.4 Å². The van der Waals surface area contributed by atoms with Crippen LogP contribution in [0.2, 0.25) is 5.02 Å². The monoisotopic (exact) mass is 237 g/mol. The normalized spacial score (nSPS) is 12.7. The van der Waals surface area contributed by atoms with Gasteiger partial charge in [0.2, 0.25) is 0 Å². The third kappa shape index (κ3) is 2.40. The van der Waals surface area contributed by atoms with E-state index in [0.29, 0.717) is 0 Å². The predicted octanol–water partition coefficient (Wildman–Crippen LogP) is 3.76. The summed E-state index contributed by atoms with van der Waals surface area (Å²) >= 11 is 7.65. The molecule has 0 aliphatic heterocycles. The van der Waals surface area contributed by atoms with Crippen LogP contribution in [-0.2, 0) is 0 Å². The van der Waals surface area contributed by atoms with Crippen molar-refractivity contribution in [1.82, 2.24) is 0 Å². The fourth-order valence-corrected chi connectivity index (χ4v) is 2.46. The first kappa shape index (κ1) is 10.7. The molecule has 0 saturated heterocycles. The molecule has 1 aromatic carbocycles. The van der Waals surface area contributed by atoms with Crippen molar-refractivity contribution >= 4 is 22.9 Å². The molecule has 1 nitrogen and oxygen atoms in total. The fraction of sp³-hybridized carbons (Fsp3) is 0.167. The maximum atomic E-state index is 6.15. The summed E-state index contributed by atoms with van der Waals surface area (Å²) in [5, 5.41) is 2.83. The SMILES string of the molecule is Cc1cc(C(N)c2cccc(Cl)c2)cs1. The molecule has 2 aromatic rings. The molecule has 2 rings (SSSR count). The van der Waals surface area contributed by atoms with Crippen molar-refractivity contribution in [2.75, 3.05) is 0 Å². The van der Waals surface area contributed by atoms with Gasteiger partial charge in [-0.2, -0.15) is 0 Å². The minimum Gasteiger partial charge on any atom is -0.320 e. The van der Waals surface area contributed by atoms with Gasteiger partial charge >= 0.3 is 0 Å². The van der Waals surface area contributed by atoms with Gasteiger partial charge in [-0.1, -0.05) is 23.7 Å². The number of thiophene rings is 1. The summed E-state index contributed by atoms with van der Waals surface area (Å²) < 4.78 is 0. The van der Waals surface area contributed by atoms with Gasteiger partial charge < -0.3 is 5.73 Å². The van der Waals surface area contributed by atoms with Crippen molar-refractivity contribution in [3.8, 4) is 0 Å². The van der Waals surface area contributed by atoms with Gasteiger partial charge in [-0.3, -0.25) is 0 Å². The minimum absolute atomic E-state index is 0.0753. The molecule has 1 unspecified atom stereocenters. The first-order valence-corrected chi connectivity index (χ1v) is 5.98. The molecule has 0 aliphatic carbocycles. The lowest BCUT2D eigenvalue weighted by molar-refractivity contribution is 0.876. The van der Waals surface area contributed by atoms with E-state index in [0.717, 1.165) is 16.1 Å². The molecule has 0 spiro atoms. The van der Waals surface area contributed by atoms with Gasteiger partial charge in [-0.25, -0.2) is 0 Å². The second kappa shape index (κ2) is 4.35. The van der Waals surface area contributed by atoms with Crippen molar-refractivity contribution in [1.29, 1.82) is 0 Å². The maximum absolute atomic E-state index is 6.15. The van der Waals surface area contributed by atoms with Crippen LogP contribution in [0.25, 0.3) is 0 Å². The molecule has 0 fully saturated rings. The summed E-state index contributed by atoms with van der Waals surface area (Å²) in [7, 11) is 0. The zero-order chi connectivity index (χ0) is 10.8. The highest BCUT2D eigenvalue weighted by Gasteiger charge is 2.10. The quantitative estimate of drug-likeness (QED) is 0.846. The van der Waals surface area contributed by atoms with Crippen LogP contribution in [0, 0.1) is 6.92 Å². The Morgan fingerprint density at radius 3 is 2.67 bits per heavy atom. The molecular formula is C12H12ClNS. The van der Waals surface area contributed by atoms with E-state index in [1.54, 1.807) is 11.3 Å². The van der Waals surface area contributed by atoms with Crippen molar-refractivity contribution < 1.29 is 0 Å². The second-order valence-corrected chi connectivity index (χ2v) is 5.08. The van der Waals surface area contributed by atoms with Crippen molar-refractivity contribution in [3.63, 3.8) is 0 Å². The van der Waals surface area contributed by atoms with Crippen LogP contribution in [0.15, 0.2) is 35.7 Å². The van der Waals surface area contributed by atoms with E-state index in [9.17, 15) is 0 Å². The molecule has 0 saturated carbocycles. The topological polar surface area (TPSA) is 26.0 Å². The van der Waals surface area contributed by atoms with Gasteiger partial charge in [0, 0.05) is 9.90 Å². The number of hydrogen-bond acceptors (Lipinski definition) is 2. The highest BCUT2D eigenvalue weighted by atomic mass is 35.5. The van der Waals surface area contributed by atoms with Gasteiger partial charge in [0.25, 0.3) is 0 Å². The zero-order valence-corrected chi connectivity index (χ0v) is 9.98. The molecule has 1 aromatic heterocycles. The van der Waals surface area contributed by atoms with Gasteiger partial charge in [-0.15, -0.1) is 11.3 Å². The minimum atomic E-state index is -0.0753. The predicted molar refractivity (Wildman–Crippen MR) is 66.5 cm³/mol. The first-order valence-electron chi connectivity index (χ1n) is 4.73. The van der Waals surface area contributed by atoms with Gasteiger partial charge in [0.05, 0.1) is 6.04 Å². The van der Waals surface area contributed by atoms with Crippen LogP contribution in [0.4, 0.5) is 0 Å². The van der Waals surface area contributed by atoms with E-state index in [4.69, 9.17) is 17.3 Å². The largest absolute Gasteiger partial charge is 0.320 e. The molecule has 15 heavy (non-hydrogen) atoms. The van der Waals surface area contributed by atoms with Gasteiger partial charge in [-0.05, 0) is 41.6 Å². The van der Waals surface area contributed by atoms with Crippen LogP contribution < -0.4 is 5.73 Å². The van der Waals surface area contributed by atoms with Crippen LogP contribution in [0.3, 0.4) is 0 Å². The number of rotatable bonds is 2. The van der Waals surface area contributed by atoms with E-state index in [1.165, 1.54) is 4.88 Å². The van der Waals surface area contributed by atoms with Crippen molar-refractivity contribution in [2.45, 2.75) is 13.0 Å². The van der Waals surface area contributed by atoms with E-state index in [1.807, 2.05) is 24.3 Å². The molecule has 3 heteroatoms. The van der Waals surface area contributed by atoms with Crippen molar-refractivity contribution in [3.05, 3.63) is 56.7 Å². The lowest BCUT2D eigenvalue weighted by Crippen LogP contribution is -2.10. The molecule has 0 amide bonds. The highest BCUT2D eigenvalue weighted by molar-refractivity contribution is 7.10.